The van der Waals surface area contributed by atoms with E-state index < -0.39 is 23.3 Å². The maximum atomic E-state index is 15.2. The van der Waals surface area contributed by atoms with E-state index in [1.165, 1.54) is 38.1 Å². The van der Waals surface area contributed by atoms with Gasteiger partial charge in [0.05, 0.1) is 6.04 Å². The summed E-state index contributed by atoms with van der Waals surface area (Å²) in [5.74, 6) is -1.55. The molecule has 1 nitrogen and oxygen atoms in total. The Kier molecular flexibility index (Phi) is 5.29. The third-order valence-electron chi connectivity index (χ3n) is 6.27. The molecule has 0 saturated heterocycles. The van der Waals surface area contributed by atoms with Crippen molar-refractivity contribution in [2.24, 2.45) is 0 Å². The Labute approximate surface area is 175 Å². The highest BCUT2D eigenvalue weighted by Crippen LogP contribution is 2.50. The number of halogens is 4. The van der Waals surface area contributed by atoms with Crippen molar-refractivity contribution in [3.63, 3.8) is 0 Å². The molecule has 0 aromatic heterocycles. The summed E-state index contributed by atoms with van der Waals surface area (Å²) in [4.78, 5) is 1.87. The molecule has 0 radical (unpaired) electrons. The van der Waals surface area contributed by atoms with E-state index in [0.717, 1.165) is 22.3 Å². The fourth-order valence-electron chi connectivity index (χ4n) is 4.98. The number of rotatable bonds is 4. The molecule has 0 bridgehead atoms. The summed E-state index contributed by atoms with van der Waals surface area (Å²) in [6.07, 6.45) is 1.57. The zero-order valence-corrected chi connectivity index (χ0v) is 17.8. The normalized spacial score (nSPS) is 21.7. The number of benzene rings is 2. The van der Waals surface area contributed by atoms with Crippen LogP contribution in [-0.2, 0) is 12.8 Å². The summed E-state index contributed by atoms with van der Waals surface area (Å²) in [6, 6.07) is 6.56. The number of hydrogen-bond donors (Lipinski definition) is 0. The monoisotopic (exact) mass is 417 g/mol. The van der Waals surface area contributed by atoms with Gasteiger partial charge in [0.15, 0.2) is 0 Å². The maximum absolute atomic E-state index is 15.2. The van der Waals surface area contributed by atoms with Gasteiger partial charge in [0.25, 0.3) is 0 Å². The summed E-state index contributed by atoms with van der Waals surface area (Å²) >= 11 is 0. The van der Waals surface area contributed by atoms with Crippen molar-refractivity contribution in [1.82, 2.24) is 4.90 Å². The fraction of sp³-hybridized carbons (Fsp3) is 0.440. The smallest absolute Gasteiger partial charge is 0.131 e. The van der Waals surface area contributed by atoms with E-state index in [4.69, 9.17) is 0 Å². The molecule has 30 heavy (non-hydrogen) atoms. The lowest BCUT2D eigenvalue weighted by molar-refractivity contribution is 0.0677. The van der Waals surface area contributed by atoms with Gasteiger partial charge in [-0.25, -0.2) is 17.6 Å². The van der Waals surface area contributed by atoms with E-state index in [-0.39, 0.29) is 24.0 Å². The molecule has 2 atom stereocenters. The molecule has 1 heterocycles. The second kappa shape index (κ2) is 7.52. The van der Waals surface area contributed by atoms with Crippen molar-refractivity contribution in [2.45, 2.75) is 64.7 Å². The Morgan fingerprint density at radius 1 is 1.07 bits per heavy atom. The molecule has 0 saturated carbocycles. The van der Waals surface area contributed by atoms with E-state index in [2.05, 4.69) is 0 Å². The second-order valence-corrected chi connectivity index (χ2v) is 9.16. The molecule has 160 valence electrons. The first-order chi connectivity index (χ1) is 14.1. The van der Waals surface area contributed by atoms with Crippen molar-refractivity contribution in [3.05, 3.63) is 75.6 Å². The van der Waals surface area contributed by atoms with Crippen molar-refractivity contribution in [3.8, 4) is 0 Å². The Hall–Kier alpha value is -2.14. The highest BCUT2D eigenvalue weighted by Gasteiger charge is 2.42. The molecule has 2 aromatic rings. The van der Waals surface area contributed by atoms with Crippen LogP contribution < -0.4 is 0 Å². The van der Waals surface area contributed by atoms with Crippen molar-refractivity contribution in [1.29, 1.82) is 0 Å². The fourth-order valence-corrected chi connectivity index (χ4v) is 4.98. The summed E-state index contributed by atoms with van der Waals surface area (Å²) in [5, 5.41) is 0. The summed E-state index contributed by atoms with van der Waals surface area (Å²) in [7, 11) is 0. The summed E-state index contributed by atoms with van der Waals surface area (Å²) < 4.78 is 59.0. The first-order valence-corrected chi connectivity index (χ1v) is 10.5. The lowest BCUT2D eigenvalue weighted by atomic mass is 9.83. The number of aryl methyl sites for hydroxylation is 1. The van der Waals surface area contributed by atoms with E-state index in [0.29, 0.717) is 24.8 Å². The van der Waals surface area contributed by atoms with Gasteiger partial charge in [0.1, 0.15) is 23.1 Å². The van der Waals surface area contributed by atoms with Crippen LogP contribution in [-0.4, -0.2) is 23.2 Å². The average Bonchev–Trinajstić information content (AvgIpc) is 2.99. The van der Waals surface area contributed by atoms with Gasteiger partial charge in [-0.1, -0.05) is 13.0 Å². The first-order valence-electron chi connectivity index (χ1n) is 10.5. The van der Waals surface area contributed by atoms with E-state index in [1.807, 2.05) is 18.7 Å². The van der Waals surface area contributed by atoms with Gasteiger partial charge in [-0.05, 0) is 92.1 Å². The Morgan fingerprint density at radius 2 is 1.73 bits per heavy atom. The Morgan fingerprint density at radius 3 is 2.33 bits per heavy atom. The highest BCUT2D eigenvalue weighted by atomic mass is 19.1. The second-order valence-electron chi connectivity index (χ2n) is 9.16. The lowest BCUT2D eigenvalue weighted by Gasteiger charge is -2.44. The zero-order valence-electron chi connectivity index (χ0n) is 17.8. The predicted octanol–water partition coefficient (Wildman–Crippen LogP) is 6.56. The molecule has 0 N–H and O–H groups in total. The van der Waals surface area contributed by atoms with Crippen LogP contribution in [0, 0.1) is 17.5 Å². The minimum Gasteiger partial charge on any atom is -0.286 e. The van der Waals surface area contributed by atoms with Gasteiger partial charge in [0.2, 0.25) is 0 Å². The van der Waals surface area contributed by atoms with Crippen LogP contribution in [0.15, 0.2) is 35.9 Å². The van der Waals surface area contributed by atoms with Crippen LogP contribution in [0.3, 0.4) is 0 Å². The molecular weight excluding hydrogens is 390 g/mol. The standard InChI is InChI=1S/C25H27F4N/c1-5-15-9-21(27)23(22(28)10-15)24-20-12-16-11-17(26)6-7-18(16)19(20)8-14(2)30(24)13-25(3,4)29/h6-7,9-11,14,24H,5,8,12-13H2,1-4H3. The topological polar surface area (TPSA) is 3.24 Å². The van der Waals surface area contributed by atoms with Crippen LogP contribution >= 0.6 is 0 Å². The highest BCUT2D eigenvalue weighted by molar-refractivity contribution is 5.79. The van der Waals surface area contributed by atoms with E-state index in [1.54, 1.807) is 6.07 Å². The molecule has 5 heteroatoms. The first kappa shape index (κ1) is 21.1. The average molecular weight is 417 g/mol. The molecule has 1 aliphatic heterocycles. The molecule has 2 aromatic carbocycles. The maximum Gasteiger partial charge on any atom is 0.131 e. The molecule has 0 spiro atoms. The van der Waals surface area contributed by atoms with Crippen molar-refractivity contribution in [2.75, 3.05) is 6.54 Å². The largest absolute Gasteiger partial charge is 0.286 e. The lowest BCUT2D eigenvalue weighted by Crippen LogP contribution is -2.47. The van der Waals surface area contributed by atoms with Gasteiger partial charge >= 0.3 is 0 Å². The third-order valence-corrected chi connectivity index (χ3v) is 6.27. The number of alkyl halides is 1. The zero-order chi connectivity index (χ0) is 21.8. The Bertz CT molecular complexity index is 995. The Balaban J connectivity index is 1.90. The van der Waals surface area contributed by atoms with Crippen LogP contribution in [0.5, 0.6) is 0 Å². The van der Waals surface area contributed by atoms with E-state index in [9.17, 15) is 8.78 Å². The molecule has 4 rings (SSSR count). The third kappa shape index (κ3) is 3.68. The molecule has 0 amide bonds. The van der Waals surface area contributed by atoms with Crippen LogP contribution in [0.1, 0.15) is 62.4 Å². The minimum absolute atomic E-state index is 0.0382. The molecule has 2 unspecified atom stereocenters. The number of nitrogens with zero attached hydrogens (tertiary/aromatic N) is 1. The molecular formula is C25H27F4N. The summed E-state index contributed by atoms with van der Waals surface area (Å²) in [6.45, 7) is 6.81. The van der Waals surface area contributed by atoms with Crippen LogP contribution in [0.25, 0.3) is 5.57 Å². The van der Waals surface area contributed by atoms with Crippen LogP contribution in [0.4, 0.5) is 17.6 Å². The van der Waals surface area contributed by atoms with Gasteiger partial charge in [0, 0.05) is 18.2 Å². The number of hydrogen-bond acceptors (Lipinski definition) is 1. The quantitative estimate of drug-likeness (QED) is 0.509. The van der Waals surface area contributed by atoms with Gasteiger partial charge in [-0.3, -0.25) is 4.90 Å². The van der Waals surface area contributed by atoms with Crippen LogP contribution in [0.2, 0.25) is 0 Å². The van der Waals surface area contributed by atoms with Gasteiger partial charge in [-0.2, -0.15) is 0 Å². The molecule has 0 fully saturated rings. The van der Waals surface area contributed by atoms with Crippen molar-refractivity contribution < 1.29 is 17.6 Å². The predicted molar refractivity (Wildman–Crippen MR) is 111 cm³/mol. The molecule has 1 aliphatic carbocycles. The van der Waals surface area contributed by atoms with E-state index >= 15 is 8.78 Å². The molecule has 2 aliphatic rings. The van der Waals surface area contributed by atoms with Gasteiger partial charge in [-0.15, -0.1) is 0 Å². The van der Waals surface area contributed by atoms with Gasteiger partial charge < -0.3 is 0 Å². The summed E-state index contributed by atoms with van der Waals surface area (Å²) in [5.41, 5.74) is 2.63. The van der Waals surface area contributed by atoms with Crippen molar-refractivity contribution >= 4 is 5.57 Å². The minimum atomic E-state index is -1.53. The SMILES string of the molecule is CCc1cc(F)c(C2C3=C(CC(C)N2CC(C)(C)F)c2ccc(F)cc2C3)c(F)c1. The number of fused-ring (bicyclic) bond motifs is 2.